The lowest BCUT2D eigenvalue weighted by molar-refractivity contribution is -0.131. The fourth-order valence-electron chi connectivity index (χ4n) is 4.41. The van der Waals surface area contributed by atoms with Gasteiger partial charge in [0.25, 0.3) is 6.57 Å². The Morgan fingerprint density at radius 2 is 1.21 bits per heavy atom. The van der Waals surface area contributed by atoms with Crippen LogP contribution in [0.5, 0.6) is 0 Å². The van der Waals surface area contributed by atoms with Crippen molar-refractivity contribution in [3.8, 4) is 37.0 Å². The zero-order valence-corrected chi connectivity index (χ0v) is 24.2. The molecule has 0 aliphatic heterocycles. The van der Waals surface area contributed by atoms with Crippen molar-refractivity contribution < 1.29 is 28.3 Å². The predicted molar refractivity (Wildman–Crippen MR) is 153 cm³/mol. The van der Waals surface area contributed by atoms with Gasteiger partial charge in [-0.25, -0.2) is 0 Å². The third-order valence-electron chi connectivity index (χ3n) is 6.43. The van der Waals surface area contributed by atoms with Gasteiger partial charge in [-0.2, -0.15) is 0 Å². The minimum absolute atomic E-state index is 0.0220. The number of hydrogen-bond acceptors (Lipinski definition) is 6. The fourth-order valence-corrected chi connectivity index (χ4v) is 5.57. The lowest BCUT2D eigenvalue weighted by Gasteiger charge is -2.37. The molecule has 0 aromatic carbocycles. The molecular weight excluding hydrogens is 539 g/mol. The van der Waals surface area contributed by atoms with Gasteiger partial charge in [0.2, 0.25) is 23.6 Å². The smallest absolute Gasteiger partial charge is 0.252 e. The molecule has 4 amide bonds. The summed E-state index contributed by atoms with van der Waals surface area (Å²) in [4.78, 5) is 50.6. The van der Waals surface area contributed by atoms with E-state index in [1.807, 2.05) is 0 Å². The van der Waals surface area contributed by atoms with E-state index in [0.29, 0.717) is 25.7 Å². The van der Waals surface area contributed by atoms with Gasteiger partial charge in [0.05, 0.1) is 25.7 Å². The van der Waals surface area contributed by atoms with Gasteiger partial charge in [0.15, 0.2) is 0 Å². The zero-order chi connectivity index (χ0) is 29.3. The summed E-state index contributed by atoms with van der Waals surface area (Å²) in [5.74, 6) is 5.49. The van der Waals surface area contributed by atoms with Crippen molar-refractivity contribution in [2.24, 2.45) is 5.92 Å². The fraction of sp³-hybridized carbons (Fsp3) is 0.630. The molecule has 214 valence electrons. The Morgan fingerprint density at radius 3 is 1.54 bits per heavy atom. The summed E-state index contributed by atoms with van der Waals surface area (Å²) in [5, 5.41) is 10.9. The predicted octanol–water partition coefficient (Wildman–Crippen LogP) is 1.76. The van der Waals surface area contributed by atoms with Crippen molar-refractivity contribution in [2.45, 2.75) is 75.9 Å². The van der Waals surface area contributed by atoms with Gasteiger partial charge >= 0.3 is 0 Å². The molecule has 1 fully saturated rings. The molecule has 0 heterocycles. The molecule has 1 atom stereocenters. The first-order valence-electron chi connectivity index (χ1n) is 12.8. The molecule has 0 aromatic heterocycles. The highest BCUT2D eigenvalue weighted by Gasteiger charge is 2.37. The average Bonchev–Trinajstić information content (AvgIpc) is 2.89. The largest absolute Gasteiger partial charge is 0.350 e. The van der Waals surface area contributed by atoms with Crippen LogP contribution in [-0.2, 0) is 28.3 Å². The monoisotopic (exact) mass is 578 g/mol. The van der Waals surface area contributed by atoms with Crippen molar-refractivity contribution in [3.05, 3.63) is 0 Å². The van der Waals surface area contributed by atoms with Crippen LogP contribution < -0.4 is 21.3 Å². The minimum atomic E-state index is -2.95. The molecule has 4 N–H and O–H groups in total. The quantitative estimate of drug-likeness (QED) is 0.107. The van der Waals surface area contributed by atoms with Gasteiger partial charge in [-0.3, -0.25) is 23.7 Å². The molecule has 12 heteroatoms. The van der Waals surface area contributed by atoms with E-state index in [4.69, 9.17) is 23.8 Å². The van der Waals surface area contributed by atoms with Gasteiger partial charge < -0.3 is 25.8 Å². The number of amides is 4. The lowest BCUT2D eigenvalue weighted by atomic mass is 9.81. The van der Waals surface area contributed by atoms with E-state index < -0.39 is 12.1 Å². The first-order valence-corrected chi connectivity index (χ1v) is 16.1. The SMILES string of the molecule is C#CCNC(=O)CCC(CCC(=O)NCC#C)(CCC(=O)NCC#C)NC(=O)[C@H]1CC[C@H](OP(C)(=O)S)CC1. The standard InChI is InChI=1S/C27H39N4O6PS/c1-5-18-28-23(32)12-15-27(16-13-24(33)29-19-6-2,17-14-25(34)30-20-7-3)31-26(35)21-8-10-22(11-9-21)37-38(4,36)39/h1-3,21-22H,8-20H2,4H3,(H,28,32)(H,29,33)(H,30,34)(H,31,35)(H,36,39)/t21-,22-,38?. The Morgan fingerprint density at radius 1 is 0.821 bits per heavy atom. The van der Waals surface area contributed by atoms with E-state index in [-0.39, 0.29) is 93.8 Å². The summed E-state index contributed by atoms with van der Waals surface area (Å²) in [6.45, 7) is -1.34. The summed E-state index contributed by atoms with van der Waals surface area (Å²) in [6.07, 6.45) is 18.1. The van der Waals surface area contributed by atoms with Crippen LogP contribution in [0.15, 0.2) is 0 Å². The van der Waals surface area contributed by atoms with Crippen LogP contribution in [0.3, 0.4) is 0 Å². The molecule has 1 aliphatic carbocycles. The Kier molecular flexibility index (Phi) is 15.4. The normalized spacial score (nSPS) is 18.2. The third kappa shape index (κ3) is 14.7. The second-order valence-corrected chi connectivity index (χ2v) is 13.6. The molecule has 0 saturated heterocycles. The molecule has 1 rings (SSSR count). The number of hydrogen-bond donors (Lipinski definition) is 5. The average molecular weight is 579 g/mol. The molecule has 1 aliphatic rings. The summed E-state index contributed by atoms with van der Waals surface area (Å²) >= 11 is 3.99. The minimum Gasteiger partial charge on any atom is -0.350 e. The highest BCUT2D eigenvalue weighted by molar-refractivity contribution is 8.46. The second kappa shape index (κ2) is 17.6. The molecule has 1 unspecified atom stereocenters. The first kappa shape index (κ1) is 34.1. The van der Waals surface area contributed by atoms with Crippen LogP contribution >= 0.6 is 18.8 Å². The van der Waals surface area contributed by atoms with Crippen LogP contribution in [-0.4, -0.2) is 61.6 Å². The molecule has 0 bridgehead atoms. The molecule has 0 spiro atoms. The molecule has 0 radical (unpaired) electrons. The Balaban J connectivity index is 3.09. The van der Waals surface area contributed by atoms with Crippen LogP contribution in [0.4, 0.5) is 0 Å². The van der Waals surface area contributed by atoms with Crippen LogP contribution in [0.25, 0.3) is 0 Å². The van der Waals surface area contributed by atoms with Crippen LogP contribution in [0.2, 0.25) is 0 Å². The summed E-state index contributed by atoms with van der Waals surface area (Å²) in [6, 6.07) is 0. The van der Waals surface area contributed by atoms with Crippen molar-refractivity contribution in [1.82, 2.24) is 21.3 Å². The Hall–Kier alpha value is -2.90. The van der Waals surface area contributed by atoms with Crippen molar-refractivity contribution in [3.63, 3.8) is 0 Å². The van der Waals surface area contributed by atoms with E-state index in [0.717, 1.165) is 0 Å². The highest BCUT2D eigenvalue weighted by Crippen LogP contribution is 2.50. The molecule has 0 aromatic rings. The highest BCUT2D eigenvalue weighted by atomic mass is 32.7. The number of nitrogens with one attached hydrogen (secondary N) is 4. The maximum Gasteiger partial charge on any atom is 0.252 e. The number of carbonyl (C=O) groups is 4. The van der Waals surface area contributed by atoms with Gasteiger partial charge in [0.1, 0.15) is 0 Å². The van der Waals surface area contributed by atoms with Crippen molar-refractivity contribution in [1.29, 1.82) is 0 Å². The molecule has 10 nitrogen and oxygen atoms in total. The summed E-state index contributed by atoms with van der Waals surface area (Å²) < 4.78 is 17.4. The number of rotatable bonds is 16. The topological polar surface area (TPSA) is 143 Å². The van der Waals surface area contributed by atoms with Gasteiger partial charge in [-0.1, -0.05) is 30.0 Å². The van der Waals surface area contributed by atoms with Gasteiger partial charge in [-0.15, -0.1) is 19.3 Å². The third-order valence-corrected chi connectivity index (χ3v) is 7.40. The number of thiol groups is 1. The van der Waals surface area contributed by atoms with E-state index in [1.165, 1.54) is 6.66 Å². The van der Waals surface area contributed by atoms with Crippen molar-refractivity contribution >= 4 is 42.4 Å². The summed E-state index contributed by atoms with van der Waals surface area (Å²) in [5.41, 5.74) is -1.04. The first-order chi connectivity index (χ1) is 18.4. The Labute approximate surface area is 236 Å². The molecular formula is C27H39N4O6PS. The Bertz CT molecular complexity index is 947. The van der Waals surface area contributed by atoms with E-state index in [9.17, 15) is 23.7 Å². The van der Waals surface area contributed by atoms with Crippen LogP contribution in [0, 0.1) is 42.9 Å². The van der Waals surface area contributed by atoms with Gasteiger partial charge in [-0.05, 0) is 44.9 Å². The molecule has 39 heavy (non-hydrogen) atoms. The lowest BCUT2D eigenvalue weighted by Crippen LogP contribution is -2.52. The maximum absolute atomic E-state index is 13.5. The number of terminal acetylenes is 3. The maximum atomic E-state index is 13.5. The van der Waals surface area contributed by atoms with E-state index >= 15 is 0 Å². The van der Waals surface area contributed by atoms with Crippen LogP contribution in [0.1, 0.15) is 64.2 Å². The summed E-state index contributed by atoms with van der Waals surface area (Å²) in [7, 11) is 0. The second-order valence-electron chi connectivity index (χ2n) is 9.59. The van der Waals surface area contributed by atoms with Gasteiger partial charge in [0, 0.05) is 37.4 Å². The number of carbonyl (C=O) groups excluding carboxylic acids is 4. The zero-order valence-electron chi connectivity index (χ0n) is 22.4. The van der Waals surface area contributed by atoms with E-state index in [2.05, 4.69) is 51.3 Å². The molecule has 1 saturated carbocycles. The van der Waals surface area contributed by atoms with Crippen molar-refractivity contribution in [2.75, 3.05) is 26.3 Å². The van der Waals surface area contributed by atoms with E-state index in [1.54, 1.807) is 0 Å².